The minimum Gasteiger partial charge on any atom is -0.450 e. The maximum atomic E-state index is 10.7. The van der Waals surface area contributed by atoms with E-state index in [2.05, 4.69) is 9.47 Å². The fourth-order valence-corrected chi connectivity index (χ4v) is 1.07. The van der Waals surface area contributed by atoms with Crippen LogP contribution in [0.4, 0.5) is 0 Å². The van der Waals surface area contributed by atoms with Crippen LogP contribution in [0.1, 0.15) is 0 Å². The normalized spacial score (nSPS) is 30.4. The molecule has 74 valence electrons. The highest BCUT2D eigenvalue weighted by molar-refractivity contribution is 6.37. The third-order valence-corrected chi connectivity index (χ3v) is 1.74. The van der Waals surface area contributed by atoms with Crippen LogP contribution in [-0.2, 0) is 19.1 Å². The van der Waals surface area contributed by atoms with E-state index in [0.29, 0.717) is 0 Å². The van der Waals surface area contributed by atoms with E-state index in [-0.39, 0.29) is 6.61 Å². The molecule has 0 aromatic rings. The van der Waals surface area contributed by atoms with E-state index in [1.807, 2.05) is 0 Å². The number of rotatable bonds is 3. The van der Waals surface area contributed by atoms with Crippen LogP contribution in [0.15, 0.2) is 0 Å². The van der Waals surface area contributed by atoms with Crippen molar-refractivity contribution in [2.45, 2.75) is 18.3 Å². The molecule has 0 amide bonds. The summed E-state index contributed by atoms with van der Waals surface area (Å²) in [5, 5.41) is 18.4. The van der Waals surface area contributed by atoms with Gasteiger partial charge in [-0.1, -0.05) is 0 Å². The Kier molecular flexibility index (Phi) is 2.97. The average Bonchev–Trinajstić information content (AvgIpc) is 2.33. The molecule has 0 aromatic heterocycles. The Bertz CT molecular complexity index is 225. The van der Waals surface area contributed by atoms with E-state index in [0.717, 1.165) is 0 Å². The van der Waals surface area contributed by atoms with Crippen molar-refractivity contribution in [2.24, 2.45) is 0 Å². The Morgan fingerprint density at radius 1 is 1.62 bits per heavy atom. The second-order valence-corrected chi connectivity index (χ2v) is 2.70. The van der Waals surface area contributed by atoms with Gasteiger partial charge in [-0.05, 0) is 0 Å². The maximum Gasteiger partial charge on any atom is 0.378 e. The van der Waals surface area contributed by atoms with Gasteiger partial charge in [0, 0.05) is 7.11 Å². The summed E-state index contributed by atoms with van der Waals surface area (Å²) in [6.07, 6.45) is -3.98. The van der Waals surface area contributed by atoms with Gasteiger partial charge in [0.05, 0.1) is 6.61 Å². The van der Waals surface area contributed by atoms with Crippen molar-refractivity contribution < 1.29 is 29.3 Å². The topological polar surface area (TPSA) is 93.1 Å². The van der Waals surface area contributed by atoms with Crippen molar-refractivity contribution in [1.29, 1.82) is 0 Å². The predicted molar refractivity (Wildman–Crippen MR) is 38.8 cm³/mol. The number of ether oxygens (including phenoxy) is 2. The molecule has 3 atom stereocenters. The second-order valence-electron chi connectivity index (χ2n) is 2.70. The molecular weight excluding hydrogens is 180 g/mol. The number of esters is 1. The molecule has 6 heteroatoms. The van der Waals surface area contributed by atoms with Crippen molar-refractivity contribution in [2.75, 3.05) is 13.7 Å². The zero-order valence-electron chi connectivity index (χ0n) is 6.97. The monoisotopic (exact) mass is 190 g/mol. The Labute approximate surface area is 74.1 Å². The van der Waals surface area contributed by atoms with Crippen LogP contribution in [0.2, 0.25) is 0 Å². The van der Waals surface area contributed by atoms with Crippen molar-refractivity contribution in [3.8, 4) is 0 Å². The highest BCUT2D eigenvalue weighted by atomic mass is 16.6. The zero-order chi connectivity index (χ0) is 10.0. The van der Waals surface area contributed by atoms with Crippen LogP contribution >= 0.6 is 0 Å². The van der Waals surface area contributed by atoms with Gasteiger partial charge >= 0.3 is 5.97 Å². The van der Waals surface area contributed by atoms with Gasteiger partial charge in [0.15, 0.2) is 12.2 Å². The Hall–Kier alpha value is -0.980. The first kappa shape index (κ1) is 10.1. The van der Waals surface area contributed by atoms with Crippen LogP contribution in [0.5, 0.6) is 0 Å². The van der Waals surface area contributed by atoms with Crippen LogP contribution in [0.3, 0.4) is 0 Å². The summed E-state index contributed by atoms with van der Waals surface area (Å²) in [4.78, 5) is 21.4. The van der Waals surface area contributed by atoms with E-state index >= 15 is 0 Å². The first-order chi connectivity index (χ1) is 6.07. The lowest BCUT2D eigenvalue weighted by Gasteiger charge is -2.17. The van der Waals surface area contributed by atoms with E-state index in [1.165, 1.54) is 7.11 Å². The van der Waals surface area contributed by atoms with Crippen LogP contribution in [0.25, 0.3) is 0 Å². The molecule has 0 spiro atoms. The van der Waals surface area contributed by atoms with Crippen molar-refractivity contribution >= 4 is 11.8 Å². The number of hydrogen-bond acceptors (Lipinski definition) is 6. The molecule has 1 saturated heterocycles. The molecule has 0 saturated carbocycles. The van der Waals surface area contributed by atoms with Gasteiger partial charge < -0.3 is 19.7 Å². The number of hydrogen-bond donors (Lipinski definition) is 2. The average molecular weight is 190 g/mol. The van der Waals surface area contributed by atoms with Gasteiger partial charge in [-0.3, -0.25) is 4.79 Å². The van der Waals surface area contributed by atoms with Crippen LogP contribution in [0, 0.1) is 0 Å². The van der Waals surface area contributed by atoms with Crippen molar-refractivity contribution in [3.05, 3.63) is 0 Å². The number of aliphatic hydroxyl groups excluding tert-OH is 2. The number of methoxy groups -OCH3 is 1. The van der Waals surface area contributed by atoms with Gasteiger partial charge in [0.1, 0.15) is 6.10 Å². The van der Waals surface area contributed by atoms with Gasteiger partial charge in [0.2, 0.25) is 0 Å². The fraction of sp³-hybridized carbons (Fsp3) is 0.714. The van der Waals surface area contributed by atoms with E-state index in [9.17, 15) is 14.7 Å². The molecular formula is C7H10O6. The standard InChI is InChI=1S/C7H10O6/c1-12-2-3(8)6-4(9)5(10)7(11)13-6/h3-4,6,8-9H,2H2,1H3. The molecule has 1 fully saturated rings. The highest BCUT2D eigenvalue weighted by Crippen LogP contribution is 2.15. The molecule has 1 aliphatic rings. The summed E-state index contributed by atoms with van der Waals surface area (Å²) in [5.74, 6) is -2.15. The minimum atomic E-state index is -1.59. The van der Waals surface area contributed by atoms with Gasteiger partial charge in [-0.25, -0.2) is 4.79 Å². The Balaban J connectivity index is 2.62. The number of carbonyl (C=O) groups is 2. The lowest BCUT2D eigenvalue weighted by Crippen LogP contribution is -2.39. The van der Waals surface area contributed by atoms with Crippen molar-refractivity contribution in [3.63, 3.8) is 0 Å². The third kappa shape index (κ3) is 1.85. The van der Waals surface area contributed by atoms with E-state index < -0.39 is 30.1 Å². The molecule has 13 heavy (non-hydrogen) atoms. The van der Waals surface area contributed by atoms with Crippen molar-refractivity contribution in [1.82, 2.24) is 0 Å². The molecule has 0 bridgehead atoms. The Morgan fingerprint density at radius 2 is 2.23 bits per heavy atom. The first-order valence-electron chi connectivity index (χ1n) is 3.67. The molecule has 0 aliphatic carbocycles. The summed E-state index contributed by atoms with van der Waals surface area (Å²) in [6.45, 7) is -0.109. The van der Waals surface area contributed by atoms with E-state index in [1.54, 1.807) is 0 Å². The summed E-state index contributed by atoms with van der Waals surface area (Å²) in [5.41, 5.74) is 0. The van der Waals surface area contributed by atoms with Gasteiger partial charge in [-0.15, -0.1) is 0 Å². The molecule has 6 nitrogen and oxygen atoms in total. The summed E-state index contributed by atoms with van der Waals surface area (Å²) < 4.78 is 9.00. The SMILES string of the molecule is COCC(O)C1OC(=O)C(=O)C1O. The summed E-state index contributed by atoms with van der Waals surface area (Å²) in [7, 11) is 1.34. The smallest absolute Gasteiger partial charge is 0.378 e. The molecule has 2 N–H and O–H groups in total. The van der Waals surface area contributed by atoms with Crippen LogP contribution < -0.4 is 0 Å². The highest BCUT2D eigenvalue weighted by Gasteiger charge is 2.45. The lowest BCUT2D eigenvalue weighted by atomic mass is 10.1. The molecule has 1 heterocycles. The number of cyclic esters (lactones) is 1. The minimum absolute atomic E-state index is 0.109. The third-order valence-electron chi connectivity index (χ3n) is 1.74. The quantitative estimate of drug-likeness (QED) is 0.389. The molecule has 1 rings (SSSR count). The van der Waals surface area contributed by atoms with Gasteiger partial charge in [-0.2, -0.15) is 0 Å². The largest absolute Gasteiger partial charge is 0.450 e. The lowest BCUT2D eigenvalue weighted by molar-refractivity contribution is -0.152. The number of carbonyl (C=O) groups excluding carboxylic acids is 2. The Morgan fingerprint density at radius 3 is 2.62 bits per heavy atom. The number of Topliss-reactive ketones (excluding diaryl/α,β-unsaturated/α-hetero) is 1. The van der Waals surface area contributed by atoms with Crippen LogP contribution in [-0.4, -0.2) is 54.0 Å². The molecule has 0 radical (unpaired) electrons. The molecule has 0 aromatic carbocycles. The summed E-state index contributed by atoms with van der Waals surface area (Å²) >= 11 is 0. The molecule has 1 aliphatic heterocycles. The van der Waals surface area contributed by atoms with Gasteiger partial charge in [0.25, 0.3) is 5.78 Å². The summed E-state index contributed by atoms with van der Waals surface area (Å²) in [6, 6.07) is 0. The zero-order valence-corrected chi connectivity index (χ0v) is 6.97. The number of ketones is 1. The number of aliphatic hydroxyl groups is 2. The van der Waals surface area contributed by atoms with E-state index in [4.69, 9.17) is 5.11 Å². The fourth-order valence-electron chi connectivity index (χ4n) is 1.07. The second kappa shape index (κ2) is 3.82. The maximum absolute atomic E-state index is 10.7. The predicted octanol–water partition coefficient (Wildman–Crippen LogP) is -2.15. The molecule has 3 unspecified atom stereocenters. The first-order valence-corrected chi connectivity index (χ1v) is 3.67.